The monoisotopic (exact) mass is 416 g/mol. The topological polar surface area (TPSA) is 52.3 Å². The van der Waals surface area contributed by atoms with Gasteiger partial charge in [-0.15, -0.1) is 0 Å². The standard InChI is InChI=1S/C25H25FN4O/c1-16-4-3-5-17(7-6-16)10-18-13-28-25-21(14-29-30(25)15-18)19-8-9-27-23-12-22(26)24(31-2)11-20(19)23/h8-16H,3-7H2,1-2H3/b17-10-. The molecule has 1 saturated carbocycles. The Hall–Kier alpha value is -3.28. The molecule has 5 nitrogen and oxygen atoms in total. The third-order valence-corrected chi connectivity index (χ3v) is 6.21. The lowest BCUT2D eigenvalue weighted by atomic mass is 10.0. The van der Waals surface area contributed by atoms with E-state index in [1.807, 2.05) is 23.0 Å². The van der Waals surface area contributed by atoms with Crippen LogP contribution in [0.4, 0.5) is 4.39 Å². The molecule has 1 unspecified atom stereocenters. The Bertz CT molecular complexity index is 1290. The molecule has 4 aromatic rings. The molecule has 3 aromatic heterocycles. The summed E-state index contributed by atoms with van der Waals surface area (Å²) in [5.41, 5.74) is 5.66. The van der Waals surface area contributed by atoms with Crippen molar-refractivity contribution in [2.45, 2.75) is 39.0 Å². The van der Waals surface area contributed by atoms with Gasteiger partial charge in [0.15, 0.2) is 17.2 Å². The van der Waals surface area contributed by atoms with Gasteiger partial charge in [0.05, 0.1) is 18.8 Å². The molecule has 5 rings (SSSR count). The molecule has 1 aliphatic rings. The molecule has 1 atom stereocenters. The molecule has 0 saturated heterocycles. The number of nitrogens with zero attached hydrogens (tertiary/aromatic N) is 4. The first-order chi connectivity index (χ1) is 15.1. The summed E-state index contributed by atoms with van der Waals surface area (Å²) in [6.07, 6.45) is 15.8. The van der Waals surface area contributed by atoms with Gasteiger partial charge in [-0.2, -0.15) is 5.10 Å². The van der Waals surface area contributed by atoms with Crippen molar-refractivity contribution in [2.24, 2.45) is 5.92 Å². The van der Waals surface area contributed by atoms with Gasteiger partial charge in [0.2, 0.25) is 0 Å². The van der Waals surface area contributed by atoms with Gasteiger partial charge in [0.1, 0.15) is 0 Å². The van der Waals surface area contributed by atoms with Gasteiger partial charge in [-0.3, -0.25) is 4.98 Å². The minimum absolute atomic E-state index is 0.192. The number of fused-ring (bicyclic) bond motifs is 2. The summed E-state index contributed by atoms with van der Waals surface area (Å²) in [4.78, 5) is 9.03. The van der Waals surface area contributed by atoms with Crippen LogP contribution in [0.5, 0.6) is 5.75 Å². The Morgan fingerprint density at radius 2 is 2.03 bits per heavy atom. The molecule has 1 fully saturated rings. The van der Waals surface area contributed by atoms with Crippen molar-refractivity contribution in [2.75, 3.05) is 7.11 Å². The molecule has 6 heteroatoms. The maximum atomic E-state index is 14.1. The molecule has 0 amide bonds. The molecule has 0 N–H and O–H groups in total. The average Bonchev–Trinajstić information content (AvgIpc) is 3.08. The minimum atomic E-state index is -0.428. The number of allylic oxidation sites excluding steroid dienone is 1. The van der Waals surface area contributed by atoms with Crippen molar-refractivity contribution >= 4 is 22.6 Å². The molecule has 0 radical (unpaired) electrons. The number of pyridine rings is 1. The normalized spacial score (nSPS) is 18.5. The van der Waals surface area contributed by atoms with Crippen molar-refractivity contribution < 1.29 is 9.13 Å². The maximum absolute atomic E-state index is 14.1. The van der Waals surface area contributed by atoms with Crippen LogP contribution in [0.3, 0.4) is 0 Å². The number of halogens is 1. The Morgan fingerprint density at radius 1 is 1.13 bits per heavy atom. The predicted octanol–water partition coefficient (Wildman–Crippen LogP) is 6.08. The summed E-state index contributed by atoms with van der Waals surface area (Å²) < 4.78 is 21.1. The number of rotatable bonds is 3. The van der Waals surface area contributed by atoms with Gasteiger partial charge >= 0.3 is 0 Å². The molecule has 0 spiro atoms. The Morgan fingerprint density at radius 3 is 2.90 bits per heavy atom. The van der Waals surface area contributed by atoms with Gasteiger partial charge in [0, 0.05) is 41.2 Å². The lowest BCUT2D eigenvalue weighted by molar-refractivity contribution is 0.387. The van der Waals surface area contributed by atoms with Crippen LogP contribution in [0.15, 0.2) is 48.6 Å². The lowest BCUT2D eigenvalue weighted by Gasteiger charge is -2.08. The summed E-state index contributed by atoms with van der Waals surface area (Å²) in [6, 6.07) is 4.98. The van der Waals surface area contributed by atoms with E-state index in [2.05, 4.69) is 23.1 Å². The second-order valence-corrected chi connectivity index (χ2v) is 8.41. The number of hydrogen-bond donors (Lipinski definition) is 0. The van der Waals surface area contributed by atoms with E-state index in [1.54, 1.807) is 18.5 Å². The molecule has 0 bridgehead atoms. The van der Waals surface area contributed by atoms with Crippen LogP contribution in [0, 0.1) is 11.7 Å². The van der Waals surface area contributed by atoms with E-state index >= 15 is 0 Å². The van der Waals surface area contributed by atoms with Crippen molar-refractivity contribution in [3.8, 4) is 16.9 Å². The van der Waals surface area contributed by atoms with Crippen LogP contribution in [0.25, 0.3) is 33.8 Å². The lowest BCUT2D eigenvalue weighted by Crippen LogP contribution is -1.94. The first kappa shape index (κ1) is 19.7. The van der Waals surface area contributed by atoms with E-state index in [0.717, 1.165) is 46.5 Å². The molecule has 158 valence electrons. The highest BCUT2D eigenvalue weighted by Gasteiger charge is 2.15. The second kappa shape index (κ2) is 8.10. The third-order valence-electron chi connectivity index (χ3n) is 6.21. The number of hydrogen-bond acceptors (Lipinski definition) is 4. The molecular weight excluding hydrogens is 391 g/mol. The SMILES string of the molecule is COc1cc2c(-c3cnn4cc(/C=C5/CCCC(C)CC5)cnc34)ccnc2cc1F. The zero-order chi connectivity index (χ0) is 21.4. The Labute approximate surface area is 180 Å². The first-order valence-electron chi connectivity index (χ1n) is 10.8. The summed E-state index contributed by atoms with van der Waals surface area (Å²) in [6.45, 7) is 2.34. The van der Waals surface area contributed by atoms with Gasteiger partial charge < -0.3 is 4.74 Å². The second-order valence-electron chi connectivity index (χ2n) is 8.41. The molecule has 1 aliphatic carbocycles. The van der Waals surface area contributed by atoms with E-state index in [9.17, 15) is 4.39 Å². The van der Waals surface area contributed by atoms with Crippen molar-refractivity contribution in [1.29, 1.82) is 0 Å². The molecular formula is C25H25FN4O. The maximum Gasteiger partial charge on any atom is 0.167 e. The van der Waals surface area contributed by atoms with Crippen LogP contribution < -0.4 is 4.74 Å². The highest BCUT2D eigenvalue weighted by Crippen LogP contribution is 2.33. The quantitative estimate of drug-likeness (QED) is 0.380. The number of methoxy groups -OCH3 is 1. The largest absolute Gasteiger partial charge is 0.494 e. The van der Waals surface area contributed by atoms with Gasteiger partial charge in [-0.1, -0.05) is 25.0 Å². The van der Waals surface area contributed by atoms with Crippen LogP contribution in [-0.2, 0) is 0 Å². The van der Waals surface area contributed by atoms with Crippen LogP contribution in [0.1, 0.15) is 44.6 Å². The van der Waals surface area contributed by atoms with E-state index in [1.165, 1.54) is 38.0 Å². The molecule has 0 aliphatic heterocycles. The summed E-state index contributed by atoms with van der Waals surface area (Å²) in [5, 5.41) is 5.35. The average molecular weight is 417 g/mol. The Balaban J connectivity index is 1.55. The molecule has 31 heavy (non-hydrogen) atoms. The van der Waals surface area contributed by atoms with Crippen LogP contribution in [-0.4, -0.2) is 26.7 Å². The molecule has 3 heterocycles. The fourth-order valence-electron chi connectivity index (χ4n) is 4.45. The van der Waals surface area contributed by atoms with E-state index in [-0.39, 0.29) is 5.75 Å². The van der Waals surface area contributed by atoms with Gasteiger partial charge in [-0.05, 0) is 49.3 Å². The number of aromatic nitrogens is 4. The zero-order valence-corrected chi connectivity index (χ0v) is 17.8. The smallest absolute Gasteiger partial charge is 0.167 e. The fraction of sp³-hybridized carbons (Fsp3) is 0.320. The van der Waals surface area contributed by atoms with Gasteiger partial charge in [-0.25, -0.2) is 13.9 Å². The van der Waals surface area contributed by atoms with E-state index in [4.69, 9.17) is 9.72 Å². The van der Waals surface area contributed by atoms with Gasteiger partial charge in [0.25, 0.3) is 0 Å². The van der Waals surface area contributed by atoms with Crippen molar-refractivity contribution in [1.82, 2.24) is 19.6 Å². The summed E-state index contributed by atoms with van der Waals surface area (Å²) in [5.74, 6) is 0.573. The highest BCUT2D eigenvalue weighted by molar-refractivity contribution is 5.98. The third kappa shape index (κ3) is 3.78. The predicted molar refractivity (Wildman–Crippen MR) is 120 cm³/mol. The van der Waals surface area contributed by atoms with Crippen molar-refractivity contribution in [3.05, 3.63) is 59.9 Å². The van der Waals surface area contributed by atoms with Crippen LogP contribution >= 0.6 is 0 Å². The fourth-order valence-corrected chi connectivity index (χ4v) is 4.45. The summed E-state index contributed by atoms with van der Waals surface area (Å²) >= 11 is 0. The minimum Gasteiger partial charge on any atom is -0.494 e. The first-order valence-corrected chi connectivity index (χ1v) is 10.8. The number of benzene rings is 1. The zero-order valence-electron chi connectivity index (χ0n) is 17.8. The number of ether oxygens (including phenoxy) is 1. The van der Waals surface area contributed by atoms with Crippen molar-refractivity contribution in [3.63, 3.8) is 0 Å². The summed E-state index contributed by atoms with van der Waals surface area (Å²) in [7, 11) is 1.46. The van der Waals surface area contributed by atoms with Crippen LogP contribution in [0.2, 0.25) is 0 Å². The highest BCUT2D eigenvalue weighted by atomic mass is 19.1. The Kier molecular flexibility index (Phi) is 5.14. The van der Waals surface area contributed by atoms with E-state index in [0.29, 0.717) is 5.52 Å². The molecule has 1 aromatic carbocycles. The van der Waals surface area contributed by atoms with E-state index < -0.39 is 5.82 Å².